The first-order valence-corrected chi connectivity index (χ1v) is 11.3. The molecule has 0 aromatic heterocycles. The Labute approximate surface area is 194 Å². The van der Waals surface area contributed by atoms with Crippen LogP contribution in [0.5, 0.6) is 0 Å². The van der Waals surface area contributed by atoms with Crippen LogP contribution in [0.15, 0.2) is 66.7 Å². The number of carbonyl (C=O) groups is 3. The summed E-state index contributed by atoms with van der Waals surface area (Å²) in [6, 6.07) is 20.4. The number of hydrogen-bond donors (Lipinski definition) is 3. The minimum absolute atomic E-state index is 0.0766. The lowest BCUT2D eigenvalue weighted by molar-refractivity contribution is -0.129. The summed E-state index contributed by atoms with van der Waals surface area (Å²) in [5.41, 5.74) is 2.26. The van der Waals surface area contributed by atoms with E-state index in [2.05, 4.69) is 16.0 Å². The van der Waals surface area contributed by atoms with Crippen molar-refractivity contribution in [3.8, 4) is 0 Å². The summed E-state index contributed by atoms with van der Waals surface area (Å²) in [5, 5.41) is 10.7. The van der Waals surface area contributed by atoms with Crippen LogP contribution in [0.3, 0.4) is 0 Å². The summed E-state index contributed by atoms with van der Waals surface area (Å²) in [6.07, 6.45) is 0.204. The van der Waals surface area contributed by atoms with E-state index in [1.165, 1.54) is 0 Å². The predicted octanol–water partition coefficient (Wildman–Crippen LogP) is 3.59. The van der Waals surface area contributed by atoms with E-state index in [4.69, 9.17) is 0 Å². The molecule has 1 unspecified atom stereocenters. The molecule has 6 heteroatoms. The third-order valence-electron chi connectivity index (χ3n) is 5.44. The van der Waals surface area contributed by atoms with Crippen LogP contribution in [-0.4, -0.2) is 30.3 Å². The number of amides is 3. The second-order valence-corrected chi connectivity index (χ2v) is 8.43. The van der Waals surface area contributed by atoms with Gasteiger partial charge in [0.1, 0.15) is 6.04 Å². The quantitative estimate of drug-likeness (QED) is 0.470. The lowest BCUT2D eigenvalue weighted by Gasteiger charge is -2.22. The van der Waals surface area contributed by atoms with Crippen LogP contribution in [0.4, 0.5) is 0 Å². The zero-order chi connectivity index (χ0) is 23.8. The summed E-state index contributed by atoms with van der Waals surface area (Å²) in [7, 11) is 0. The van der Waals surface area contributed by atoms with Crippen molar-refractivity contribution < 1.29 is 14.4 Å². The third kappa shape index (κ3) is 6.65. The van der Waals surface area contributed by atoms with Crippen LogP contribution in [0.1, 0.15) is 42.3 Å². The fraction of sp³-hybridized carbons (Fsp3) is 0.296. The summed E-state index contributed by atoms with van der Waals surface area (Å²) >= 11 is 0. The Morgan fingerprint density at radius 2 is 1.58 bits per heavy atom. The van der Waals surface area contributed by atoms with Crippen molar-refractivity contribution in [3.63, 3.8) is 0 Å². The highest BCUT2D eigenvalue weighted by Gasteiger charge is 2.24. The molecule has 0 aliphatic carbocycles. The van der Waals surface area contributed by atoms with E-state index >= 15 is 0 Å². The number of rotatable bonds is 9. The van der Waals surface area contributed by atoms with Gasteiger partial charge in [0.15, 0.2) is 0 Å². The first-order chi connectivity index (χ1) is 15.9. The Kier molecular flexibility index (Phi) is 8.19. The normalized spacial score (nSPS) is 11.8. The Hall–Kier alpha value is -3.67. The van der Waals surface area contributed by atoms with Gasteiger partial charge >= 0.3 is 0 Å². The molecule has 0 fully saturated rings. The van der Waals surface area contributed by atoms with E-state index in [0.29, 0.717) is 12.1 Å². The molecule has 3 rings (SSSR count). The molecule has 0 saturated carbocycles. The van der Waals surface area contributed by atoms with Gasteiger partial charge in [0, 0.05) is 18.7 Å². The second-order valence-electron chi connectivity index (χ2n) is 8.43. The molecule has 0 saturated heterocycles. The zero-order valence-electron chi connectivity index (χ0n) is 19.4. The maximum Gasteiger partial charge on any atom is 0.251 e. The highest BCUT2D eigenvalue weighted by Crippen LogP contribution is 2.16. The molecular formula is C27H31N3O3. The van der Waals surface area contributed by atoms with Gasteiger partial charge in [0.2, 0.25) is 11.8 Å². The van der Waals surface area contributed by atoms with Crippen LogP contribution in [0, 0.1) is 5.92 Å². The molecule has 3 aromatic carbocycles. The SMILES string of the molecule is CCNC(=O)c1cccc(CNC(=O)C(NC(=O)Cc2ccc3ccccc3c2)C(C)C)c1. The molecule has 3 aromatic rings. The number of fused-ring (bicyclic) bond motifs is 1. The number of hydrogen-bond acceptors (Lipinski definition) is 3. The van der Waals surface area contributed by atoms with Crippen molar-refractivity contribution in [2.45, 2.75) is 39.8 Å². The number of nitrogens with one attached hydrogen (secondary N) is 3. The molecule has 0 heterocycles. The molecule has 0 spiro atoms. The maximum atomic E-state index is 12.8. The van der Waals surface area contributed by atoms with Crippen molar-refractivity contribution in [3.05, 3.63) is 83.4 Å². The van der Waals surface area contributed by atoms with E-state index in [-0.39, 0.29) is 36.6 Å². The van der Waals surface area contributed by atoms with Crippen molar-refractivity contribution in [1.29, 1.82) is 0 Å². The molecule has 0 radical (unpaired) electrons. The Balaban J connectivity index is 1.59. The average molecular weight is 446 g/mol. The predicted molar refractivity (Wildman–Crippen MR) is 131 cm³/mol. The lowest BCUT2D eigenvalue weighted by atomic mass is 10.0. The molecule has 3 N–H and O–H groups in total. The first-order valence-electron chi connectivity index (χ1n) is 11.3. The van der Waals surface area contributed by atoms with Gasteiger partial charge in [-0.15, -0.1) is 0 Å². The Morgan fingerprint density at radius 3 is 2.30 bits per heavy atom. The molecule has 1 atom stereocenters. The molecule has 172 valence electrons. The highest BCUT2D eigenvalue weighted by molar-refractivity contribution is 5.94. The largest absolute Gasteiger partial charge is 0.352 e. The van der Waals surface area contributed by atoms with Gasteiger partial charge in [-0.3, -0.25) is 14.4 Å². The molecule has 0 bridgehead atoms. The van der Waals surface area contributed by atoms with Gasteiger partial charge in [-0.2, -0.15) is 0 Å². The van der Waals surface area contributed by atoms with E-state index in [9.17, 15) is 14.4 Å². The van der Waals surface area contributed by atoms with Crippen LogP contribution in [0.2, 0.25) is 0 Å². The minimum atomic E-state index is -0.649. The van der Waals surface area contributed by atoms with Crippen molar-refractivity contribution in [2.24, 2.45) is 5.92 Å². The molecule has 0 aliphatic heterocycles. The monoisotopic (exact) mass is 445 g/mol. The van der Waals surface area contributed by atoms with E-state index < -0.39 is 6.04 Å². The summed E-state index contributed by atoms with van der Waals surface area (Å²) in [4.78, 5) is 37.6. The lowest BCUT2D eigenvalue weighted by Crippen LogP contribution is -2.49. The van der Waals surface area contributed by atoms with Gasteiger partial charge in [-0.1, -0.05) is 68.4 Å². The maximum absolute atomic E-state index is 12.8. The minimum Gasteiger partial charge on any atom is -0.352 e. The fourth-order valence-electron chi connectivity index (χ4n) is 3.68. The van der Waals surface area contributed by atoms with Gasteiger partial charge in [0.05, 0.1) is 6.42 Å². The van der Waals surface area contributed by atoms with E-state index in [0.717, 1.165) is 21.9 Å². The highest BCUT2D eigenvalue weighted by atomic mass is 16.2. The van der Waals surface area contributed by atoms with Gasteiger partial charge in [0.25, 0.3) is 5.91 Å². The van der Waals surface area contributed by atoms with Crippen molar-refractivity contribution in [1.82, 2.24) is 16.0 Å². The summed E-state index contributed by atoms with van der Waals surface area (Å²) in [6.45, 7) is 6.49. The third-order valence-corrected chi connectivity index (χ3v) is 5.44. The Morgan fingerprint density at radius 1 is 0.818 bits per heavy atom. The van der Waals surface area contributed by atoms with Gasteiger partial charge < -0.3 is 16.0 Å². The topological polar surface area (TPSA) is 87.3 Å². The van der Waals surface area contributed by atoms with E-state index in [1.807, 2.05) is 69.3 Å². The fourth-order valence-corrected chi connectivity index (χ4v) is 3.68. The molecule has 0 aliphatic rings. The first kappa shape index (κ1) is 24.0. The van der Waals surface area contributed by atoms with E-state index in [1.54, 1.807) is 18.2 Å². The van der Waals surface area contributed by atoms with Crippen molar-refractivity contribution in [2.75, 3.05) is 6.54 Å². The summed E-state index contributed by atoms with van der Waals surface area (Å²) in [5.74, 6) is -0.670. The molecule has 6 nitrogen and oxygen atoms in total. The molecular weight excluding hydrogens is 414 g/mol. The van der Waals surface area contributed by atoms with Crippen molar-refractivity contribution >= 4 is 28.5 Å². The van der Waals surface area contributed by atoms with Gasteiger partial charge in [-0.05, 0) is 46.9 Å². The Bertz CT molecular complexity index is 1140. The standard InChI is InChI=1S/C27H31N3O3/c1-4-28-26(32)23-11-7-8-20(15-23)17-29-27(33)25(18(2)3)30-24(31)16-19-12-13-21-9-5-6-10-22(21)14-19/h5-15,18,25H,4,16-17H2,1-3H3,(H,28,32)(H,29,33)(H,30,31). The zero-order valence-corrected chi connectivity index (χ0v) is 19.4. The number of carbonyl (C=O) groups excluding carboxylic acids is 3. The van der Waals surface area contributed by atoms with Crippen LogP contribution < -0.4 is 16.0 Å². The molecule has 3 amide bonds. The smallest absolute Gasteiger partial charge is 0.251 e. The number of benzene rings is 3. The summed E-state index contributed by atoms with van der Waals surface area (Å²) < 4.78 is 0. The van der Waals surface area contributed by atoms with Crippen LogP contribution in [-0.2, 0) is 22.6 Å². The molecule has 33 heavy (non-hydrogen) atoms. The second kappa shape index (κ2) is 11.3. The van der Waals surface area contributed by atoms with Crippen LogP contribution in [0.25, 0.3) is 10.8 Å². The van der Waals surface area contributed by atoms with Gasteiger partial charge in [-0.25, -0.2) is 0 Å². The average Bonchev–Trinajstić information content (AvgIpc) is 2.81. The van der Waals surface area contributed by atoms with Crippen LogP contribution >= 0.6 is 0 Å².